The Labute approximate surface area is 148 Å². The van der Waals surface area contributed by atoms with E-state index in [0.29, 0.717) is 24.2 Å². The van der Waals surface area contributed by atoms with Gasteiger partial charge in [0.2, 0.25) is 5.91 Å². The van der Waals surface area contributed by atoms with Crippen molar-refractivity contribution in [3.63, 3.8) is 0 Å². The molecule has 1 N–H and O–H groups in total. The molecule has 2 aromatic rings. The quantitative estimate of drug-likeness (QED) is 0.908. The zero-order valence-corrected chi connectivity index (χ0v) is 14.6. The lowest BCUT2D eigenvalue weighted by atomic mass is 9.80. The first-order valence-corrected chi connectivity index (χ1v) is 8.58. The summed E-state index contributed by atoms with van der Waals surface area (Å²) in [4.78, 5) is 24.8. The van der Waals surface area contributed by atoms with Crippen LogP contribution in [0.3, 0.4) is 0 Å². The van der Waals surface area contributed by atoms with E-state index < -0.39 is 6.04 Å². The maximum absolute atomic E-state index is 12.5. The summed E-state index contributed by atoms with van der Waals surface area (Å²) in [6.45, 7) is 4.44. The molecule has 0 spiro atoms. The van der Waals surface area contributed by atoms with Gasteiger partial charge in [-0.3, -0.25) is 9.59 Å². The highest BCUT2D eigenvalue weighted by atomic mass is 16.5. The van der Waals surface area contributed by atoms with E-state index in [4.69, 9.17) is 4.74 Å². The van der Waals surface area contributed by atoms with Crippen LogP contribution in [0.2, 0.25) is 0 Å². The van der Waals surface area contributed by atoms with Crippen LogP contribution in [0.5, 0.6) is 5.75 Å². The highest BCUT2D eigenvalue weighted by molar-refractivity contribution is 6.04. The van der Waals surface area contributed by atoms with Crippen LogP contribution in [0.15, 0.2) is 54.6 Å². The Morgan fingerprint density at radius 3 is 2.56 bits per heavy atom. The van der Waals surface area contributed by atoms with Crippen LogP contribution in [0.1, 0.15) is 42.6 Å². The van der Waals surface area contributed by atoms with Crippen LogP contribution in [-0.4, -0.2) is 24.3 Å². The molecule has 0 fully saturated rings. The molecule has 25 heavy (non-hydrogen) atoms. The predicted octanol–water partition coefficient (Wildman–Crippen LogP) is 3.50. The van der Waals surface area contributed by atoms with E-state index in [1.165, 1.54) is 5.56 Å². The third-order valence-corrected chi connectivity index (χ3v) is 4.74. The number of hydrogen-bond donors (Lipinski definition) is 1. The molecule has 1 amide bonds. The Morgan fingerprint density at radius 1 is 1.12 bits per heavy atom. The number of amides is 1. The third-order valence-electron chi connectivity index (χ3n) is 4.74. The Hall–Kier alpha value is -2.62. The molecule has 0 saturated heterocycles. The minimum Gasteiger partial charge on any atom is -0.490 e. The first-order valence-electron chi connectivity index (χ1n) is 8.58. The standard InChI is InChI=1S/C21H23NO3/c1-21(2,15-8-4-3-5-9-15)13-12-19(23)22-17-14-25-18-11-7-6-10-16(18)20(17)24/h3-11,17H,12-14H2,1-2H3,(H,22,23). The van der Waals surface area contributed by atoms with E-state index >= 15 is 0 Å². The van der Waals surface area contributed by atoms with Crippen LogP contribution in [-0.2, 0) is 10.2 Å². The van der Waals surface area contributed by atoms with Gasteiger partial charge in [0, 0.05) is 6.42 Å². The van der Waals surface area contributed by atoms with E-state index in [1.807, 2.05) is 24.3 Å². The number of rotatable bonds is 5. The Balaban J connectivity index is 1.58. The maximum atomic E-state index is 12.5. The number of carbonyl (C=O) groups is 2. The lowest BCUT2D eigenvalue weighted by Crippen LogP contribution is -2.47. The minimum atomic E-state index is -0.609. The summed E-state index contributed by atoms with van der Waals surface area (Å²) in [5, 5.41) is 2.82. The van der Waals surface area contributed by atoms with Crippen molar-refractivity contribution in [3.05, 3.63) is 65.7 Å². The molecule has 1 heterocycles. The smallest absolute Gasteiger partial charge is 0.220 e. The second-order valence-corrected chi connectivity index (χ2v) is 7.04. The van der Waals surface area contributed by atoms with Crippen LogP contribution >= 0.6 is 0 Å². The van der Waals surface area contributed by atoms with E-state index in [-0.39, 0.29) is 23.7 Å². The van der Waals surface area contributed by atoms with Crippen molar-refractivity contribution in [1.29, 1.82) is 0 Å². The predicted molar refractivity (Wildman–Crippen MR) is 96.9 cm³/mol. The molecule has 1 aliphatic heterocycles. The Morgan fingerprint density at radius 2 is 1.80 bits per heavy atom. The van der Waals surface area contributed by atoms with E-state index in [0.717, 1.165) is 0 Å². The molecule has 0 aromatic heterocycles. The highest BCUT2D eigenvalue weighted by Gasteiger charge is 2.30. The summed E-state index contributed by atoms with van der Waals surface area (Å²) in [5.41, 5.74) is 1.63. The molecular weight excluding hydrogens is 314 g/mol. The van der Waals surface area contributed by atoms with Crippen LogP contribution in [0.4, 0.5) is 0 Å². The van der Waals surface area contributed by atoms with Gasteiger partial charge in [0.1, 0.15) is 18.4 Å². The van der Waals surface area contributed by atoms with Gasteiger partial charge in [0.05, 0.1) is 5.56 Å². The molecule has 1 aliphatic rings. The molecule has 2 aromatic carbocycles. The zero-order chi connectivity index (χ0) is 17.9. The van der Waals surface area contributed by atoms with Gasteiger partial charge in [-0.15, -0.1) is 0 Å². The van der Waals surface area contributed by atoms with Crippen LogP contribution in [0, 0.1) is 0 Å². The van der Waals surface area contributed by atoms with Gasteiger partial charge in [-0.2, -0.15) is 0 Å². The number of benzene rings is 2. The molecule has 0 bridgehead atoms. The molecule has 4 nitrogen and oxygen atoms in total. The van der Waals surface area contributed by atoms with Gasteiger partial charge in [-0.05, 0) is 29.5 Å². The number of ketones is 1. The number of fused-ring (bicyclic) bond motifs is 1. The van der Waals surface area contributed by atoms with Gasteiger partial charge < -0.3 is 10.1 Å². The summed E-state index contributed by atoms with van der Waals surface area (Å²) < 4.78 is 5.59. The fourth-order valence-electron chi connectivity index (χ4n) is 3.07. The molecule has 1 unspecified atom stereocenters. The van der Waals surface area contributed by atoms with Crippen molar-refractivity contribution in [1.82, 2.24) is 5.32 Å². The average molecular weight is 337 g/mol. The summed E-state index contributed by atoms with van der Waals surface area (Å²) in [5.74, 6) is 0.381. The monoisotopic (exact) mass is 337 g/mol. The summed E-state index contributed by atoms with van der Waals surface area (Å²) in [6, 6.07) is 16.7. The lowest BCUT2D eigenvalue weighted by molar-refractivity contribution is -0.122. The normalized spacial score (nSPS) is 16.7. The first kappa shape index (κ1) is 17.2. The van der Waals surface area contributed by atoms with Gasteiger partial charge in [0.15, 0.2) is 5.78 Å². The van der Waals surface area contributed by atoms with Crippen molar-refractivity contribution in [2.45, 2.75) is 38.1 Å². The maximum Gasteiger partial charge on any atom is 0.220 e. The summed E-state index contributed by atoms with van der Waals surface area (Å²) in [7, 11) is 0. The summed E-state index contributed by atoms with van der Waals surface area (Å²) in [6.07, 6.45) is 1.08. The second-order valence-electron chi connectivity index (χ2n) is 7.04. The lowest BCUT2D eigenvalue weighted by Gasteiger charge is -2.27. The number of hydrogen-bond acceptors (Lipinski definition) is 3. The van der Waals surface area contributed by atoms with Crippen molar-refractivity contribution < 1.29 is 14.3 Å². The molecule has 1 atom stereocenters. The number of ether oxygens (including phenoxy) is 1. The zero-order valence-electron chi connectivity index (χ0n) is 14.6. The van der Waals surface area contributed by atoms with Gasteiger partial charge in [-0.25, -0.2) is 0 Å². The van der Waals surface area contributed by atoms with Gasteiger partial charge in [-0.1, -0.05) is 56.3 Å². The fraction of sp³-hybridized carbons (Fsp3) is 0.333. The van der Waals surface area contributed by atoms with Gasteiger partial charge in [0.25, 0.3) is 0 Å². The largest absolute Gasteiger partial charge is 0.490 e. The molecular formula is C21H23NO3. The number of carbonyl (C=O) groups excluding carboxylic acids is 2. The second kappa shape index (κ2) is 7.09. The molecule has 4 heteroatoms. The Kier molecular flexibility index (Phi) is 4.88. The highest BCUT2D eigenvalue weighted by Crippen LogP contribution is 2.28. The van der Waals surface area contributed by atoms with Gasteiger partial charge >= 0.3 is 0 Å². The van der Waals surface area contributed by atoms with Crippen molar-refractivity contribution >= 4 is 11.7 Å². The first-order chi connectivity index (χ1) is 12.0. The third kappa shape index (κ3) is 3.90. The topological polar surface area (TPSA) is 55.4 Å². The van der Waals surface area contributed by atoms with Crippen LogP contribution < -0.4 is 10.1 Å². The van der Waals surface area contributed by atoms with Crippen molar-refractivity contribution in [2.75, 3.05) is 6.61 Å². The summed E-state index contributed by atoms with van der Waals surface area (Å²) >= 11 is 0. The van der Waals surface area contributed by atoms with Crippen LogP contribution in [0.25, 0.3) is 0 Å². The molecule has 130 valence electrons. The molecule has 0 saturated carbocycles. The molecule has 0 aliphatic carbocycles. The fourth-order valence-corrected chi connectivity index (χ4v) is 3.07. The number of para-hydroxylation sites is 1. The Bertz CT molecular complexity index is 768. The number of Topliss-reactive ketones (excluding diaryl/α,β-unsaturated/α-hetero) is 1. The molecule has 0 radical (unpaired) electrons. The van der Waals surface area contributed by atoms with E-state index in [9.17, 15) is 9.59 Å². The number of nitrogens with one attached hydrogen (secondary N) is 1. The minimum absolute atomic E-state index is 0.0856. The average Bonchev–Trinajstić information content (AvgIpc) is 2.63. The SMILES string of the molecule is CC(C)(CCC(=O)NC1COc2ccccc2C1=O)c1ccccc1. The molecule has 3 rings (SSSR count). The van der Waals surface area contributed by atoms with Crippen molar-refractivity contribution in [2.24, 2.45) is 0 Å². The van der Waals surface area contributed by atoms with E-state index in [1.54, 1.807) is 18.2 Å². The van der Waals surface area contributed by atoms with E-state index in [2.05, 4.69) is 31.3 Å². The van der Waals surface area contributed by atoms with Crippen molar-refractivity contribution in [3.8, 4) is 5.75 Å².